The standard InChI is InChI=1S/C14H11N3O2/c1-9-7-12(10-5-3-2-4-6-10)17-8-11(13(18)19)16-14(17)15-9/h2-8H,1H3,(H,18,19). The van der Waals surface area contributed by atoms with Crippen molar-refractivity contribution in [3.8, 4) is 11.3 Å². The number of rotatable bonds is 2. The van der Waals surface area contributed by atoms with Crippen LogP contribution in [-0.2, 0) is 0 Å². The van der Waals surface area contributed by atoms with Gasteiger partial charge < -0.3 is 5.11 Å². The van der Waals surface area contributed by atoms with E-state index in [9.17, 15) is 4.79 Å². The van der Waals surface area contributed by atoms with Crippen LogP contribution in [0.2, 0.25) is 0 Å². The number of carboxylic acid groups (broad SMARTS) is 1. The second-order valence-electron chi connectivity index (χ2n) is 4.25. The van der Waals surface area contributed by atoms with Crippen LogP contribution in [0.15, 0.2) is 42.6 Å². The van der Waals surface area contributed by atoms with Gasteiger partial charge in [0.05, 0.1) is 5.69 Å². The Bertz CT molecular complexity index is 763. The monoisotopic (exact) mass is 253 g/mol. The summed E-state index contributed by atoms with van der Waals surface area (Å²) >= 11 is 0. The minimum absolute atomic E-state index is 0.00437. The number of carboxylic acids is 1. The second kappa shape index (κ2) is 4.20. The van der Waals surface area contributed by atoms with E-state index >= 15 is 0 Å². The fourth-order valence-electron chi connectivity index (χ4n) is 2.02. The van der Waals surface area contributed by atoms with E-state index in [0.29, 0.717) is 5.78 Å². The molecule has 0 aliphatic carbocycles. The highest BCUT2D eigenvalue weighted by Crippen LogP contribution is 2.21. The van der Waals surface area contributed by atoms with E-state index in [1.165, 1.54) is 6.20 Å². The van der Waals surface area contributed by atoms with E-state index in [0.717, 1.165) is 17.0 Å². The number of nitrogens with zero attached hydrogens (tertiary/aromatic N) is 3. The molecule has 5 nitrogen and oxygen atoms in total. The average molecular weight is 253 g/mol. The van der Waals surface area contributed by atoms with Crippen LogP contribution >= 0.6 is 0 Å². The lowest BCUT2D eigenvalue weighted by molar-refractivity contribution is 0.0691. The number of benzene rings is 1. The first-order chi connectivity index (χ1) is 9.15. The topological polar surface area (TPSA) is 67.5 Å². The Morgan fingerprint density at radius 3 is 2.63 bits per heavy atom. The highest BCUT2D eigenvalue weighted by Gasteiger charge is 2.13. The van der Waals surface area contributed by atoms with Crippen LogP contribution in [0.5, 0.6) is 0 Å². The van der Waals surface area contributed by atoms with Crippen LogP contribution in [0.3, 0.4) is 0 Å². The lowest BCUT2D eigenvalue weighted by atomic mass is 10.1. The molecule has 94 valence electrons. The molecule has 0 amide bonds. The Balaban J connectivity index is 2.32. The van der Waals surface area contributed by atoms with Crippen molar-refractivity contribution in [2.24, 2.45) is 0 Å². The first-order valence-electron chi connectivity index (χ1n) is 5.80. The van der Waals surface area contributed by atoms with Gasteiger partial charge in [0.25, 0.3) is 0 Å². The van der Waals surface area contributed by atoms with E-state index in [1.807, 2.05) is 43.3 Å². The fourth-order valence-corrected chi connectivity index (χ4v) is 2.02. The summed E-state index contributed by atoms with van der Waals surface area (Å²) in [5.41, 5.74) is 2.67. The van der Waals surface area contributed by atoms with Crippen LogP contribution in [0, 0.1) is 6.92 Å². The van der Waals surface area contributed by atoms with E-state index in [-0.39, 0.29) is 5.69 Å². The molecular formula is C14H11N3O2. The van der Waals surface area contributed by atoms with Gasteiger partial charge in [0.15, 0.2) is 5.69 Å². The van der Waals surface area contributed by atoms with Gasteiger partial charge in [-0.1, -0.05) is 30.3 Å². The van der Waals surface area contributed by atoms with Gasteiger partial charge >= 0.3 is 5.97 Å². The molecule has 0 spiro atoms. The third-order valence-electron chi connectivity index (χ3n) is 2.86. The molecular weight excluding hydrogens is 242 g/mol. The van der Waals surface area contributed by atoms with Crippen LogP contribution < -0.4 is 0 Å². The number of hydrogen-bond donors (Lipinski definition) is 1. The van der Waals surface area contributed by atoms with E-state index in [1.54, 1.807) is 4.40 Å². The molecule has 5 heteroatoms. The van der Waals surface area contributed by atoms with Crippen LogP contribution in [0.1, 0.15) is 16.2 Å². The van der Waals surface area contributed by atoms with Crippen molar-refractivity contribution in [3.63, 3.8) is 0 Å². The van der Waals surface area contributed by atoms with Gasteiger partial charge in [-0.15, -0.1) is 0 Å². The van der Waals surface area contributed by atoms with Gasteiger partial charge in [0, 0.05) is 11.9 Å². The summed E-state index contributed by atoms with van der Waals surface area (Å²) in [6.45, 7) is 1.86. The Hall–Kier alpha value is -2.69. The molecule has 0 saturated heterocycles. The van der Waals surface area contributed by atoms with Crippen molar-refractivity contribution in [2.75, 3.05) is 0 Å². The Labute approximate surface area is 109 Å². The lowest BCUT2D eigenvalue weighted by Crippen LogP contribution is -1.95. The zero-order chi connectivity index (χ0) is 13.4. The molecule has 1 N–H and O–H groups in total. The zero-order valence-electron chi connectivity index (χ0n) is 10.2. The van der Waals surface area contributed by atoms with Crippen molar-refractivity contribution < 1.29 is 9.90 Å². The summed E-state index contributed by atoms with van der Waals surface area (Å²) in [6, 6.07) is 11.7. The minimum Gasteiger partial charge on any atom is -0.476 e. The highest BCUT2D eigenvalue weighted by molar-refractivity contribution is 5.86. The number of aromatic nitrogens is 3. The van der Waals surface area contributed by atoms with Crippen molar-refractivity contribution in [2.45, 2.75) is 6.92 Å². The number of aryl methyl sites for hydroxylation is 1. The summed E-state index contributed by atoms with van der Waals surface area (Å²) < 4.78 is 1.70. The molecule has 19 heavy (non-hydrogen) atoms. The summed E-state index contributed by atoms with van der Waals surface area (Å²) in [5, 5.41) is 9.01. The van der Waals surface area contributed by atoms with Gasteiger partial charge in [0.1, 0.15) is 0 Å². The molecule has 1 aromatic carbocycles. The Morgan fingerprint density at radius 1 is 1.21 bits per heavy atom. The molecule has 3 aromatic rings. The summed E-state index contributed by atoms with van der Waals surface area (Å²) in [5.74, 6) is -0.654. The first-order valence-corrected chi connectivity index (χ1v) is 5.80. The number of hydrogen-bond acceptors (Lipinski definition) is 3. The molecule has 0 bridgehead atoms. The number of imidazole rings is 1. The SMILES string of the molecule is Cc1cc(-c2ccccc2)n2cc(C(=O)O)nc2n1. The minimum atomic E-state index is -1.05. The summed E-state index contributed by atoms with van der Waals surface area (Å²) in [4.78, 5) is 19.3. The largest absolute Gasteiger partial charge is 0.476 e. The smallest absolute Gasteiger partial charge is 0.356 e. The predicted octanol–water partition coefficient (Wildman–Crippen LogP) is 2.40. The maximum atomic E-state index is 11.0. The van der Waals surface area contributed by atoms with Crippen LogP contribution in [0.4, 0.5) is 0 Å². The number of fused-ring (bicyclic) bond motifs is 1. The molecule has 2 heterocycles. The third-order valence-corrected chi connectivity index (χ3v) is 2.86. The quantitative estimate of drug-likeness (QED) is 0.761. The second-order valence-corrected chi connectivity index (χ2v) is 4.25. The fraction of sp³-hybridized carbons (Fsp3) is 0.0714. The Morgan fingerprint density at radius 2 is 1.95 bits per heavy atom. The third kappa shape index (κ3) is 1.95. The van der Waals surface area contributed by atoms with Gasteiger partial charge in [-0.2, -0.15) is 0 Å². The van der Waals surface area contributed by atoms with Crippen molar-refractivity contribution in [1.29, 1.82) is 0 Å². The van der Waals surface area contributed by atoms with Crippen LogP contribution in [-0.4, -0.2) is 25.4 Å². The molecule has 3 rings (SSSR count). The summed E-state index contributed by atoms with van der Waals surface area (Å²) in [6.07, 6.45) is 1.49. The first kappa shape index (κ1) is 11.4. The molecule has 0 atom stereocenters. The van der Waals surface area contributed by atoms with Gasteiger partial charge in [-0.05, 0) is 18.6 Å². The molecule has 0 saturated carbocycles. The maximum Gasteiger partial charge on any atom is 0.356 e. The number of carbonyl (C=O) groups is 1. The van der Waals surface area contributed by atoms with Crippen molar-refractivity contribution >= 4 is 11.7 Å². The predicted molar refractivity (Wildman–Crippen MR) is 70.1 cm³/mol. The lowest BCUT2D eigenvalue weighted by Gasteiger charge is -2.06. The average Bonchev–Trinajstić information content (AvgIpc) is 2.82. The molecule has 0 aliphatic heterocycles. The molecule has 2 aromatic heterocycles. The molecule has 0 aliphatic rings. The number of aromatic carboxylic acids is 1. The summed E-state index contributed by atoms with van der Waals surface area (Å²) in [7, 11) is 0. The normalized spacial score (nSPS) is 10.8. The molecule has 0 unspecified atom stereocenters. The van der Waals surface area contributed by atoms with Crippen molar-refractivity contribution in [1.82, 2.24) is 14.4 Å². The Kier molecular flexibility index (Phi) is 2.52. The maximum absolute atomic E-state index is 11.0. The van der Waals surface area contributed by atoms with E-state index in [2.05, 4.69) is 9.97 Å². The molecule has 0 radical (unpaired) electrons. The van der Waals surface area contributed by atoms with Gasteiger partial charge in [-0.3, -0.25) is 4.40 Å². The zero-order valence-corrected chi connectivity index (χ0v) is 10.2. The van der Waals surface area contributed by atoms with Crippen molar-refractivity contribution in [3.05, 3.63) is 54.0 Å². The van der Waals surface area contributed by atoms with E-state index < -0.39 is 5.97 Å². The highest BCUT2D eigenvalue weighted by atomic mass is 16.4. The van der Waals surface area contributed by atoms with Crippen LogP contribution in [0.25, 0.3) is 17.0 Å². The molecule has 0 fully saturated rings. The van der Waals surface area contributed by atoms with E-state index in [4.69, 9.17) is 5.11 Å². The van der Waals surface area contributed by atoms with Gasteiger partial charge in [0.2, 0.25) is 5.78 Å². The van der Waals surface area contributed by atoms with Gasteiger partial charge in [-0.25, -0.2) is 14.8 Å².